The van der Waals surface area contributed by atoms with E-state index >= 15 is 0 Å². The predicted octanol–water partition coefficient (Wildman–Crippen LogP) is 3.32. The van der Waals surface area contributed by atoms with Crippen LogP contribution in [-0.4, -0.2) is 59.1 Å². The fourth-order valence-corrected chi connectivity index (χ4v) is 3.53. The van der Waals surface area contributed by atoms with Gasteiger partial charge in [0.15, 0.2) is 0 Å². The van der Waals surface area contributed by atoms with E-state index in [9.17, 15) is 4.79 Å². The first-order valence-electron chi connectivity index (χ1n) is 10.1. The summed E-state index contributed by atoms with van der Waals surface area (Å²) in [5.74, 6) is 2.03. The molecule has 0 bridgehead atoms. The van der Waals surface area contributed by atoms with Gasteiger partial charge in [-0.05, 0) is 61.4 Å². The highest BCUT2D eigenvalue weighted by molar-refractivity contribution is 5.94. The number of benzene rings is 2. The summed E-state index contributed by atoms with van der Waals surface area (Å²) in [6.45, 7) is 7.59. The summed E-state index contributed by atoms with van der Waals surface area (Å²) in [7, 11) is 1.64. The van der Waals surface area contributed by atoms with Crippen molar-refractivity contribution in [2.24, 2.45) is 0 Å². The van der Waals surface area contributed by atoms with E-state index in [0.717, 1.165) is 35.5 Å². The van der Waals surface area contributed by atoms with E-state index in [0.29, 0.717) is 31.3 Å². The summed E-state index contributed by atoms with van der Waals surface area (Å²) < 4.78 is 10.6. The molecular weight excluding hydrogens is 380 g/mol. The van der Waals surface area contributed by atoms with Crippen LogP contribution in [0.5, 0.6) is 5.75 Å². The molecule has 0 spiro atoms. The summed E-state index contributed by atoms with van der Waals surface area (Å²) in [4.78, 5) is 21.4. The standard InChI is InChI=1S/C23H26N4O3/c1-16-4-5-19(14-17(16)2)23(28)27-12-10-26(11-13-27)15-21-24-22(25-30-21)18-6-8-20(29-3)9-7-18/h4-9,14H,10-13,15H2,1-3H3. The maximum atomic E-state index is 12.8. The van der Waals surface area contributed by atoms with Gasteiger partial charge in [0.25, 0.3) is 5.91 Å². The third-order valence-corrected chi connectivity index (χ3v) is 5.59. The van der Waals surface area contributed by atoms with Crippen molar-refractivity contribution in [3.05, 3.63) is 65.0 Å². The fourth-order valence-electron chi connectivity index (χ4n) is 3.53. The quantitative estimate of drug-likeness (QED) is 0.647. The number of piperazine rings is 1. The van der Waals surface area contributed by atoms with E-state index in [1.807, 2.05) is 54.3 Å². The van der Waals surface area contributed by atoms with Gasteiger partial charge < -0.3 is 14.2 Å². The lowest BCUT2D eigenvalue weighted by molar-refractivity contribution is 0.0615. The van der Waals surface area contributed by atoms with Crippen LogP contribution in [-0.2, 0) is 6.54 Å². The minimum Gasteiger partial charge on any atom is -0.497 e. The van der Waals surface area contributed by atoms with E-state index in [2.05, 4.69) is 22.0 Å². The number of rotatable bonds is 5. The molecule has 7 nitrogen and oxygen atoms in total. The molecule has 0 aliphatic carbocycles. The van der Waals surface area contributed by atoms with Crippen LogP contribution in [0.4, 0.5) is 0 Å². The summed E-state index contributed by atoms with van der Waals surface area (Å²) in [5.41, 5.74) is 3.98. The molecule has 1 aliphatic heterocycles. The minimum absolute atomic E-state index is 0.0948. The molecule has 1 aliphatic rings. The Morgan fingerprint density at radius 3 is 2.43 bits per heavy atom. The van der Waals surface area contributed by atoms with Gasteiger partial charge in [0, 0.05) is 37.3 Å². The van der Waals surface area contributed by atoms with Crippen LogP contribution in [0.2, 0.25) is 0 Å². The van der Waals surface area contributed by atoms with Crippen LogP contribution < -0.4 is 4.74 Å². The maximum absolute atomic E-state index is 12.8. The molecule has 2 aromatic carbocycles. The number of methoxy groups -OCH3 is 1. The highest BCUT2D eigenvalue weighted by atomic mass is 16.5. The lowest BCUT2D eigenvalue weighted by atomic mass is 10.1. The molecule has 0 N–H and O–H groups in total. The highest BCUT2D eigenvalue weighted by Gasteiger charge is 2.23. The predicted molar refractivity (Wildman–Crippen MR) is 113 cm³/mol. The van der Waals surface area contributed by atoms with Crippen molar-refractivity contribution < 1.29 is 14.1 Å². The highest BCUT2D eigenvalue weighted by Crippen LogP contribution is 2.20. The lowest BCUT2D eigenvalue weighted by Crippen LogP contribution is -2.48. The van der Waals surface area contributed by atoms with Crippen molar-refractivity contribution in [1.29, 1.82) is 0 Å². The van der Waals surface area contributed by atoms with Gasteiger partial charge in [0.1, 0.15) is 5.75 Å². The zero-order valence-corrected chi connectivity index (χ0v) is 17.6. The maximum Gasteiger partial charge on any atom is 0.253 e. The van der Waals surface area contributed by atoms with Crippen LogP contribution >= 0.6 is 0 Å². The third kappa shape index (κ3) is 4.36. The Hall–Kier alpha value is -3.19. The molecule has 0 saturated carbocycles. The first-order chi connectivity index (χ1) is 14.5. The van der Waals surface area contributed by atoms with E-state index < -0.39 is 0 Å². The Labute approximate surface area is 176 Å². The van der Waals surface area contributed by atoms with Crippen molar-refractivity contribution in [1.82, 2.24) is 19.9 Å². The summed E-state index contributed by atoms with van der Waals surface area (Å²) in [5, 5.41) is 4.09. The molecule has 1 aromatic heterocycles. The normalized spacial score (nSPS) is 14.7. The molecule has 4 rings (SSSR count). The van der Waals surface area contributed by atoms with Gasteiger partial charge in [-0.1, -0.05) is 11.2 Å². The molecule has 2 heterocycles. The molecule has 1 amide bonds. The monoisotopic (exact) mass is 406 g/mol. The molecule has 0 radical (unpaired) electrons. The number of ether oxygens (including phenoxy) is 1. The number of aromatic nitrogens is 2. The third-order valence-electron chi connectivity index (χ3n) is 5.59. The van der Waals surface area contributed by atoms with Crippen molar-refractivity contribution in [3.63, 3.8) is 0 Å². The van der Waals surface area contributed by atoms with Crippen LogP contribution in [0.3, 0.4) is 0 Å². The second-order valence-corrected chi connectivity index (χ2v) is 7.61. The molecule has 0 atom stereocenters. The molecule has 1 fully saturated rings. The molecule has 3 aromatic rings. The van der Waals surface area contributed by atoms with Gasteiger partial charge in [-0.3, -0.25) is 9.69 Å². The Bertz CT molecular complexity index is 1020. The van der Waals surface area contributed by atoms with E-state index in [1.54, 1.807) is 7.11 Å². The first-order valence-corrected chi connectivity index (χ1v) is 10.1. The Kier molecular flexibility index (Phi) is 5.81. The second kappa shape index (κ2) is 8.67. The first kappa shape index (κ1) is 20.1. The van der Waals surface area contributed by atoms with Crippen LogP contribution in [0, 0.1) is 13.8 Å². The average molecular weight is 406 g/mol. The lowest BCUT2D eigenvalue weighted by Gasteiger charge is -2.34. The van der Waals surface area contributed by atoms with Gasteiger partial charge in [-0.2, -0.15) is 4.98 Å². The fraction of sp³-hybridized carbons (Fsp3) is 0.348. The molecule has 7 heteroatoms. The Morgan fingerprint density at radius 1 is 1.03 bits per heavy atom. The smallest absolute Gasteiger partial charge is 0.253 e. The van der Waals surface area contributed by atoms with E-state index in [-0.39, 0.29) is 5.91 Å². The van der Waals surface area contributed by atoms with Crippen molar-refractivity contribution in [3.8, 4) is 17.1 Å². The van der Waals surface area contributed by atoms with E-state index in [1.165, 1.54) is 5.56 Å². The Morgan fingerprint density at radius 2 is 1.77 bits per heavy atom. The minimum atomic E-state index is 0.0948. The van der Waals surface area contributed by atoms with Crippen LogP contribution in [0.1, 0.15) is 27.4 Å². The number of aryl methyl sites for hydroxylation is 2. The molecule has 1 saturated heterocycles. The summed E-state index contributed by atoms with van der Waals surface area (Å²) >= 11 is 0. The van der Waals surface area contributed by atoms with Gasteiger partial charge in [-0.15, -0.1) is 0 Å². The topological polar surface area (TPSA) is 71.7 Å². The molecule has 30 heavy (non-hydrogen) atoms. The van der Waals surface area contributed by atoms with Crippen LogP contribution in [0.25, 0.3) is 11.4 Å². The largest absolute Gasteiger partial charge is 0.497 e. The van der Waals surface area contributed by atoms with Gasteiger partial charge in [-0.25, -0.2) is 0 Å². The van der Waals surface area contributed by atoms with E-state index in [4.69, 9.17) is 9.26 Å². The number of hydrogen-bond donors (Lipinski definition) is 0. The number of nitrogens with zero attached hydrogens (tertiary/aromatic N) is 4. The molecule has 0 unspecified atom stereocenters. The molecular formula is C23H26N4O3. The Balaban J connectivity index is 1.33. The number of amides is 1. The number of hydrogen-bond acceptors (Lipinski definition) is 6. The van der Waals surface area contributed by atoms with Crippen molar-refractivity contribution in [2.75, 3.05) is 33.3 Å². The van der Waals surface area contributed by atoms with Gasteiger partial charge >= 0.3 is 0 Å². The average Bonchev–Trinajstić information content (AvgIpc) is 3.24. The molecule has 156 valence electrons. The zero-order chi connectivity index (χ0) is 21.1. The van der Waals surface area contributed by atoms with Gasteiger partial charge in [0.05, 0.1) is 13.7 Å². The SMILES string of the molecule is COc1ccc(-c2noc(CN3CCN(C(=O)c4ccc(C)c(C)c4)CC3)n2)cc1. The van der Waals surface area contributed by atoms with Gasteiger partial charge in [0.2, 0.25) is 11.7 Å². The summed E-state index contributed by atoms with van der Waals surface area (Å²) in [6.07, 6.45) is 0. The number of carbonyl (C=O) groups is 1. The zero-order valence-electron chi connectivity index (χ0n) is 17.6. The second-order valence-electron chi connectivity index (χ2n) is 7.61. The number of carbonyl (C=O) groups excluding carboxylic acids is 1. The van der Waals surface area contributed by atoms with Crippen LogP contribution in [0.15, 0.2) is 47.0 Å². The van der Waals surface area contributed by atoms with Crippen molar-refractivity contribution >= 4 is 5.91 Å². The van der Waals surface area contributed by atoms with Crippen molar-refractivity contribution in [2.45, 2.75) is 20.4 Å². The summed E-state index contributed by atoms with van der Waals surface area (Å²) in [6, 6.07) is 13.5.